The summed E-state index contributed by atoms with van der Waals surface area (Å²) in [5, 5.41) is 6.04. The van der Waals surface area contributed by atoms with Gasteiger partial charge in [-0.1, -0.05) is 30.0 Å². The number of benzene rings is 2. The molecule has 0 aliphatic carbocycles. The van der Waals surface area contributed by atoms with Gasteiger partial charge in [0.15, 0.2) is 5.16 Å². The molecule has 2 aromatic carbocycles. The maximum atomic E-state index is 12.6. The Balaban J connectivity index is 1.70. The van der Waals surface area contributed by atoms with E-state index in [-0.39, 0.29) is 17.1 Å². The molecule has 1 atom stereocenters. The number of imidazole rings is 1. The van der Waals surface area contributed by atoms with Gasteiger partial charge >= 0.3 is 0 Å². The number of nitrogens with one attached hydrogen (secondary N) is 2. The monoisotopic (exact) mass is 394 g/mol. The minimum atomic E-state index is -0.338. The fourth-order valence-corrected chi connectivity index (χ4v) is 3.68. The van der Waals surface area contributed by atoms with Crippen molar-refractivity contribution in [2.45, 2.75) is 30.8 Å². The van der Waals surface area contributed by atoms with Crippen LogP contribution < -0.4 is 10.6 Å². The van der Waals surface area contributed by atoms with Gasteiger partial charge in [-0.15, -0.1) is 6.58 Å². The summed E-state index contributed by atoms with van der Waals surface area (Å²) in [4.78, 5) is 28.3. The van der Waals surface area contributed by atoms with Crippen LogP contribution in [0.5, 0.6) is 0 Å². The standard InChI is InChI=1S/C21H22N4O2S/c1-4-13-25-19-8-6-5-7-18(19)24-21(25)28-14(2)20(27)23-17-11-9-16(10-12-17)22-15(3)26/h4-12,14H,1,13H2,2-3H3,(H,22,26)(H,23,27)/t14-/m1/s1. The SMILES string of the molecule is C=CCn1c(S[C@H](C)C(=O)Nc2ccc(NC(C)=O)cc2)nc2ccccc21. The first-order valence-electron chi connectivity index (χ1n) is 8.89. The summed E-state index contributed by atoms with van der Waals surface area (Å²) < 4.78 is 2.05. The molecule has 3 aromatic rings. The molecule has 1 aromatic heterocycles. The molecule has 2 amide bonds. The van der Waals surface area contributed by atoms with E-state index in [1.54, 1.807) is 24.3 Å². The van der Waals surface area contributed by atoms with Crippen molar-refractivity contribution in [1.82, 2.24) is 9.55 Å². The van der Waals surface area contributed by atoms with Crippen LogP contribution in [-0.4, -0.2) is 26.6 Å². The van der Waals surface area contributed by atoms with E-state index in [0.717, 1.165) is 16.2 Å². The molecule has 0 spiro atoms. The number of anilines is 2. The molecule has 0 saturated heterocycles. The molecule has 0 aliphatic heterocycles. The molecule has 0 radical (unpaired) electrons. The number of rotatable bonds is 7. The van der Waals surface area contributed by atoms with Crippen molar-refractivity contribution in [3.63, 3.8) is 0 Å². The van der Waals surface area contributed by atoms with E-state index in [2.05, 4.69) is 26.8 Å². The highest BCUT2D eigenvalue weighted by atomic mass is 32.2. The number of allylic oxidation sites excluding steroid dienone is 1. The number of carbonyl (C=O) groups is 2. The molecular formula is C21H22N4O2S. The number of fused-ring (bicyclic) bond motifs is 1. The quantitative estimate of drug-likeness (QED) is 0.463. The lowest BCUT2D eigenvalue weighted by Crippen LogP contribution is -2.23. The van der Waals surface area contributed by atoms with Crippen LogP contribution in [0.3, 0.4) is 0 Å². The van der Waals surface area contributed by atoms with Crippen molar-refractivity contribution in [3.05, 3.63) is 61.2 Å². The topological polar surface area (TPSA) is 76.0 Å². The van der Waals surface area contributed by atoms with E-state index >= 15 is 0 Å². The van der Waals surface area contributed by atoms with E-state index in [1.165, 1.54) is 18.7 Å². The molecule has 0 bridgehead atoms. The molecular weight excluding hydrogens is 372 g/mol. The van der Waals surface area contributed by atoms with Crippen LogP contribution in [0.15, 0.2) is 66.3 Å². The number of thioether (sulfide) groups is 1. The third-order valence-electron chi connectivity index (χ3n) is 4.06. The predicted octanol–water partition coefficient (Wildman–Crippen LogP) is 4.30. The van der Waals surface area contributed by atoms with Crippen LogP contribution in [-0.2, 0) is 16.1 Å². The van der Waals surface area contributed by atoms with Gasteiger partial charge in [0, 0.05) is 24.8 Å². The molecule has 0 unspecified atom stereocenters. The number of hydrogen-bond donors (Lipinski definition) is 2. The number of hydrogen-bond acceptors (Lipinski definition) is 4. The first-order valence-corrected chi connectivity index (χ1v) is 9.77. The second-order valence-electron chi connectivity index (χ2n) is 6.29. The zero-order valence-corrected chi connectivity index (χ0v) is 16.6. The average molecular weight is 395 g/mol. The average Bonchev–Trinajstić information content (AvgIpc) is 3.00. The summed E-state index contributed by atoms with van der Waals surface area (Å²) in [5.74, 6) is -0.251. The maximum Gasteiger partial charge on any atom is 0.237 e. The molecule has 1 heterocycles. The van der Waals surface area contributed by atoms with Gasteiger partial charge in [0.2, 0.25) is 11.8 Å². The number of aromatic nitrogens is 2. The van der Waals surface area contributed by atoms with E-state index in [9.17, 15) is 9.59 Å². The Morgan fingerprint density at radius 2 is 1.79 bits per heavy atom. The Morgan fingerprint density at radius 1 is 1.14 bits per heavy atom. The van der Waals surface area contributed by atoms with Gasteiger partial charge in [-0.3, -0.25) is 9.59 Å². The summed E-state index contributed by atoms with van der Waals surface area (Å²) in [7, 11) is 0. The Kier molecular flexibility index (Phi) is 6.16. The van der Waals surface area contributed by atoms with Crippen molar-refractivity contribution >= 4 is 46.0 Å². The molecule has 28 heavy (non-hydrogen) atoms. The van der Waals surface area contributed by atoms with Gasteiger partial charge in [-0.25, -0.2) is 4.98 Å². The summed E-state index contributed by atoms with van der Waals surface area (Å²) >= 11 is 1.41. The molecule has 7 heteroatoms. The highest BCUT2D eigenvalue weighted by Crippen LogP contribution is 2.28. The fourth-order valence-electron chi connectivity index (χ4n) is 2.74. The Morgan fingerprint density at radius 3 is 2.43 bits per heavy atom. The third kappa shape index (κ3) is 4.61. The third-order valence-corrected chi connectivity index (χ3v) is 5.15. The van der Waals surface area contributed by atoms with Crippen LogP contribution in [0.4, 0.5) is 11.4 Å². The lowest BCUT2D eigenvalue weighted by Gasteiger charge is -2.13. The van der Waals surface area contributed by atoms with Crippen molar-refractivity contribution in [2.24, 2.45) is 0 Å². The van der Waals surface area contributed by atoms with Crippen LogP contribution >= 0.6 is 11.8 Å². The van der Waals surface area contributed by atoms with Crippen molar-refractivity contribution in [1.29, 1.82) is 0 Å². The zero-order chi connectivity index (χ0) is 20.1. The molecule has 3 rings (SSSR count). The molecule has 2 N–H and O–H groups in total. The van der Waals surface area contributed by atoms with Crippen LogP contribution in [0.2, 0.25) is 0 Å². The Bertz CT molecular complexity index is 1010. The summed E-state index contributed by atoms with van der Waals surface area (Å²) in [6.45, 7) is 7.75. The highest BCUT2D eigenvalue weighted by Gasteiger charge is 2.19. The molecule has 0 aliphatic rings. The van der Waals surface area contributed by atoms with Gasteiger partial charge < -0.3 is 15.2 Å². The minimum Gasteiger partial charge on any atom is -0.326 e. The summed E-state index contributed by atoms with van der Waals surface area (Å²) in [5.41, 5.74) is 3.27. The lowest BCUT2D eigenvalue weighted by atomic mass is 10.2. The fraction of sp³-hybridized carbons (Fsp3) is 0.190. The lowest BCUT2D eigenvalue weighted by molar-refractivity contribution is -0.115. The van der Waals surface area contributed by atoms with E-state index in [1.807, 2.05) is 37.3 Å². The predicted molar refractivity (Wildman–Crippen MR) is 115 cm³/mol. The van der Waals surface area contributed by atoms with Crippen LogP contribution in [0.25, 0.3) is 11.0 Å². The second-order valence-corrected chi connectivity index (χ2v) is 7.60. The van der Waals surface area contributed by atoms with Gasteiger partial charge in [0.1, 0.15) is 0 Å². The van der Waals surface area contributed by atoms with Gasteiger partial charge in [-0.2, -0.15) is 0 Å². The van der Waals surface area contributed by atoms with Crippen LogP contribution in [0.1, 0.15) is 13.8 Å². The van der Waals surface area contributed by atoms with Crippen molar-refractivity contribution < 1.29 is 9.59 Å². The Labute approximate surface area is 168 Å². The van der Waals surface area contributed by atoms with Gasteiger partial charge in [0.25, 0.3) is 0 Å². The van der Waals surface area contributed by atoms with Gasteiger partial charge in [-0.05, 0) is 43.3 Å². The minimum absolute atomic E-state index is 0.116. The van der Waals surface area contributed by atoms with Crippen molar-refractivity contribution in [2.75, 3.05) is 10.6 Å². The van der Waals surface area contributed by atoms with Gasteiger partial charge in [0.05, 0.1) is 16.3 Å². The van der Waals surface area contributed by atoms with E-state index < -0.39 is 0 Å². The number of amides is 2. The summed E-state index contributed by atoms with van der Waals surface area (Å²) in [6, 6.07) is 14.9. The first kappa shape index (κ1) is 19.7. The normalized spacial score (nSPS) is 11.8. The van der Waals surface area contributed by atoms with E-state index in [0.29, 0.717) is 17.9 Å². The molecule has 144 valence electrons. The van der Waals surface area contributed by atoms with Crippen molar-refractivity contribution in [3.8, 4) is 0 Å². The first-order chi connectivity index (χ1) is 13.5. The summed E-state index contributed by atoms with van der Waals surface area (Å²) in [6.07, 6.45) is 1.82. The Hall–Kier alpha value is -3.06. The largest absolute Gasteiger partial charge is 0.326 e. The molecule has 0 fully saturated rings. The molecule has 6 nitrogen and oxygen atoms in total. The maximum absolute atomic E-state index is 12.6. The molecule has 0 saturated carbocycles. The smallest absolute Gasteiger partial charge is 0.237 e. The van der Waals surface area contributed by atoms with Crippen LogP contribution in [0, 0.1) is 0 Å². The highest BCUT2D eigenvalue weighted by molar-refractivity contribution is 8.00. The second kappa shape index (κ2) is 8.75. The number of carbonyl (C=O) groups excluding carboxylic acids is 2. The number of para-hydroxylation sites is 2. The van der Waals surface area contributed by atoms with E-state index in [4.69, 9.17) is 0 Å². The number of nitrogens with zero attached hydrogens (tertiary/aromatic N) is 2. The zero-order valence-electron chi connectivity index (χ0n) is 15.8.